The molecule has 1 saturated heterocycles. The molecule has 1 fully saturated rings. The molecular formula is C19H29N7. The van der Waals surface area contributed by atoms with Crippen molar-refractivity contribution in [3.05, 3.63) is 36.2 Å². The van der Waals surface area contributed by atoms with Crippen molar-refractivity contribution >= 4 is 17.6 Å². The van der Waals surface area contributed by atoms with E-state index in [4.69, 9.17) is 4.98 Å². The van der Waals surface area contributed by atoms with E-state index < -0.39 is 0 Å². The number of hydrogen-bond acceptors (Lipinski definition) is 7. The highest BCUT2D eigenvalue weighted by atomic mass is 15.3. The molecule has 3 heterocycles. The van der Waals surface area contributed by atoms with E-state index in [2.05, 4.69) is 56.2 Å². The van der Waals surface area contributed by atoms with Gasteiger partial charge in [-0.3, -0.25) is 0 Å². The third kappa shape index (κ3) is 5.05. The van der Waals surface area contributed by atoms with E-state index >= 15 is 0 Å². The molecule has 0 saturated carbocycles. The Kier molecular flexibility index (Phi) is 6.22. The normalized spacial score (nSPS) is 14.8. The minimum atomic E-state index is 0.728. The van der Waals surface area contributed by atoms with E-state index in [1.165, 1.54) is 0 Å². The molecule has 1 aliphatic heterocycles. The molecule has 1 N–H and O–H groups in total. The predicted molar refractivity (Wildman–Crippen MR) is 107 cm³/mol. The number of piperazine rings is 1. The Labute approximate surface area is 156 Å². The molecule has 26 heavy (non-hydrogen) atoms. The van der Waals surface area contributed by atoms with Crippen LogP contribution in [0.1, 0.15) is 12.1 Å². The molecule has 3 rings (SSSR count). The van der Waals surface area contributed by atoms with Gasteiger partial charge in [-0.25, -0.2) is 9.97 Å². The lowest BCUT2D eigenvalue weighted by Gasteiger charge is -2.36. The maximum absolute atomic E-state index is 4.73. The Morgan fingerprint density at radius 3 is 2.42 bits per heavy atom. The van der Waals surface area contributed by atoms with Crippen LogP contribution in [0.4, 0.5) is 17.6 Å². The number of anilines is 3. The fourth-order valence-corrected chi connectivity index (χ4v) is 3.09. The van der Waals surface area contributed by atoms with Crippen LogP contribution in [0.25, 0.3) is 0 Å². The van der Waals surface area contributed by atoms with Gasteiger partial charge in [-0.1, -0.05) is 6.07 Å². The smallest absolute Gasteiger partial charge is 0.224 e. The molecule has 2 aromatic rings. The van der Waals surface area contributed by atoms with Crippen molar-refractivity contribution < 1.29 is 0 Å². The van der Waals surface area contributed by atoms with Crippen molar-refractivity contribution in [2.24, 2.45) is 0 Å². The SMILES string of the molecule is Cc1cc(N2CCN(c3ccccn3)CC2)nc(NCCCN(C)C)n1. The van der Waals surface area contributed by atoms with Crippen LogP contribution in [0.15, 0.2) is 30.5 Å². The quantitative estimate of drug-likeness (QED) is 0.761. The third-order valence-electron chi connectivity index (χ3n) is 4.48. The van der Waals surface area contributed by atoms with Crippen LogP contribution in [0.3, 0.4) is 0 Å². The number of nitrogens with one attached hydrogen (secondary N) is 1. The van der Waals surface area contributed by atoms with Crippen molar-refractivity contribution in [1.82, 2.24) is 19.9 Å². The van der Waals surface area contributed by atoms with E-state index in [-0.39, 0.29) is 0 Å². The number of rotatable bonds is 7. The number of hydrogen-bond donors (Lipinski definition) is 1. The molecule has 1 aliphatic rings. The first-order valence-electron chi connectivity index (χ1n) is 9.27. The summed E-state index contributed by atoms with van der Waals surface area (Å²) in [6.07, 6.45) is 2.92. The zero-order chi connectivity index (χ0) is 18.4. The first-order chi connectivity index (χ1) is 12.6. The van der Waals surface area contributed by atoms with Gasteiger partial charge >= 0.3 is 0 Å². The van der Waals surface area contributed by atoms with Crippen LogP contribution in [0.2, 0.25) is 0 Å². The van der Waals surface area contributed by atoms with Crippen molar-refractivity contribution in [2.45, 2.75) is 13.3 Å². The molecule has 0 radical (unpaired) electrons. The molecule has 0 unspecified atom stereocenters. The Bertz CT molecular complexity index is 682. The zero-order valence-corrected chi connectivity index (χ0v) is 16.0. The maximum atomic E-state index is 4.73. The summed E-state index contributed by atoms with van der Waals surface area (Å²) >= 11 is 0. The summed E-state index contributed by atoms with van der Waals surface area (Å²) in [4.78, 5) is 20.5. The highest BCUT2D eigenvalue weighted by Crippen LogP contribution is 2.19. The van der Waals surface area contributed by atoms with Gasteiger partial charge in [0.25, 0.3) is 0 Å². The molecule has 7 heteroatoms. The monoisotopic (exact) mass is 355 g/mol. The summed E-state index contributed by atoms with van der Waals surface area (Å²) in [7, 11) is 4.18. The molecule has 0 atom stereocenters. The zero-order valence-electron chi connectivity index (χ0n) is 16.0. The number of pyridine rings is 1. The second-order valence-electron chi connectivity index (χ2n) is 6.94. The van der Waals surface area contributed by atoms with E-state index in [1.807, 2.05) is 25.3 Å². The van der Waals surface area contributed by atoms with Crippen molar-refractivity contribution in [3.8, 4) is 0 Å². The predicted octanol–water partition coefficient (Wildman–Crippen LogP) is 1.87. The van der Waals surface area contributed by atoms with Gasteiger partial charge in [0.1, 0.15) is 11.6 Å². The fraction of sp³-hybridized carbons (Fsp3) is 0.526. The van der Waals surface area contributed by atoms with Crippen LogP contribution in [0, 0.1) is 6.92 Å². The Morgan fingerprint density at radius 2 is 1.77 bits per heavy atom. The summed E-state index contributed by atoms with van der Waals surface area (Å²) in [6, 6.07) is 8.13. The van der Waals surface area contributed by atoms with Gasteiger partial charge < -0.3 is 20.0 Å². The largest absolute Gasteiger partial charge is 0.354 e. The molecule has 0 spiro atoms. The van der Waals surface area contributed by atoms with Gasteiger partial charge in [-0.15, -0.1) is 0 Å². The van der Waals surface area contributed by atoms with E-state index in [0.717, 1.165) is 69.0 Å². The Balaban J connectivity index is 1.57. The van der Waals surface area contributed by atoms with E-state index in [9.17, 15) is 0 Å². The number of aromatic nitrogens is 3. The number of nitrogens with zero attached hydrogens (tertiary/aromatic N) is 6. The van der Waals surface area contributed by atoms with Gasteiger partial charge in [0.05, 0.1) is 0 Å². The van der Waals surface area contributed by atoms with Crippen LogP contribution >= 0.6 is 0 Å². The van der Waals surface area contributed by atoms with Gasteiger partial charge in [-0.2, -0.15) is 4.98 Å². The van der Waals surface area contributed by atoms with Gasteiger partial charge in [0.2, 0.25) is 5.95 Å². The maximum Gasteiger partial charge on any atom is 0.224 e. The summed E-state index contributed by atoms with van der Waals surface area (Å²) in [5.74, 6) is 2.79. The standard InChI is InChI=1S/C19H29N7/c1-16-15-18(23-19(22-16)21-9-6-10-24(2)3)26-13-11-25(12-14-26)17-7-4-5-8-20-17/h4-5,7-8,15H,6,9-14H2,1-3H3,(H,21,22,23). The van der Waals surface area contributed by atoms with Crippen LogP contribution in [-0.4, -0.2) is 73.2 Å². The second-order valence-corrected chi connectivity index (χ2v) is 6.94. The molecule has 0 bridgehead atoms. The molecule has 0 aromatic carbocycles. The lowest BCUT2D eigenvalue weighted by atomic mass is 10.3. The van der Waals surface area contributed by atoms with Gasteiger partial charge in [-0.05, 0) is 46.1 Å². The third-order valence-corrected chi connectivity index (χ3v) is 4.48. The Morgan fingerprint density at radius 1 is 1.04 bits per heavy atom. The first-order valence-corrected chi connectivity index (χ1v) is 9.27. The Hall–Kier alpha value is -2.41. The van der Waals surface area contributed by atoms with Crippen molar-refractivity contribution in [1.29, 1.82) is 0 Å². The topological polar surface area (TPSA) is 60.4 Å². The highest BCUT2D eigenvalue weighted by molar-refractivity contribution is 5.48. The molecule has 2 aromatic heterocycles. The van der Waals surface area contributed by atoms with Gasteiger partial charge in [0, 0.05) is 50.7 Å². The molecule has 0 aliphatic carbocycles. The minimum Gasteiger partial charge on any atom is -0.354 e. The summed E-state index contributed by atoms with van der Waals surface area (Å²) in [6.45, 7) is 7.74. The molecule has 140 valence electrons. The highest BCUT2D eigenvalue weighted by Gasteiger charge is 2.19. The summed E-state index contributed by atoms with van der Waals surface area (Å²) < 4.78 is 0. The lowest BCUT2D eigenvalue weighted by molar-refractivity contribution is 0.405. The summed E-state index contributed by atoms with van der Waals surface area (Å²) in [5, 5.41) is 3.36. The first kappa shape index (κ1) is 18.4. The van der Waals surface area contributed by atoms with Gasteiger partial charge in [0.15, 0.2) is 0 Å². The average Bonchev–Trinajstić information content (AvgIpc) is 2.65. The second kappa shape index (κ2) is 8.80. The van der Waals surface area contributed by atoms with E-state index in [0.29, 0.717) is 0 Å². The van der Waals surface area contributed by atoms with Crippen LogP contribution in [-0.2, 0) is 0 Å². The fourth-order valence-electron chi connectivity index (χ4n) is 3.09. The lowest BCUT2D eigenvalue weighted by Crippen LogP contribution is -2.47. The van der Waals surface area contributed by atoms with Crippen molar-refractivity contribution in [2.75, 3.05) is 68.5 Å². The summed E-state index contributed by atoms with van der Waals surface area (Å²) in [5.41, 5.74) is 0.997. The van der Waals surface area contributed by atoms with Crippen LogP contribution < -0.4 is 15.1 Å². The minimum absolute atomic E-state index is 0.728. The van der Waals surface area contributed by atoms with E-state index in [1.54, 1.807) is 0 Å². The van der Waals surface area contributed by atoms with Crippen molar-refractivity contribution in [3.63, 3.8) is 0 Å². The molecule has 7 nitrogen and oxygen atoms in total. The average molecular weight is 355 g/mol. The molecular weight excluding hydrogens is 326 g/mol. The van der Waals surface area contributed by atoms with Crippen LogP contribution in [0.5, 0.6) is 0 Å². The number of aryl methyl sites for hydroxylation is 1. The molecule has 0 amide bonds.